The molecule has 2 aromatic rings. The lowest BCUT2D eigenvalue weighted by atomic mass is 9.97. The van der Waals surface area contributed by atoms with Crippen molar-refractivity contribution in [1.29, 1.82) is 0 Å². The van der Waals surface area contributed by atoms with Crippen LogP contribution in [-0.2, 0) is 9.59 Å². The lowest BCUT2D eigenvalue weighted by Crippen LogP contribution is -2.45. The third kappa shape index (κ3) is 4.33. The molecule has 0 atom stereocenters. The van der Waals surface area contributed by atoms with E-state index in [1.54, 1.807) is 11.0 Å². The topological polar surface area (TPSA) is 104 Å². The van der Waals surface area contributed by atoms with Gasteiger partial charge in [-0.15, -0.1) is 0 Å². The highest BCUT2D eigenvalue weighted by atomic mass is 16.5. The molecule has 1 aromatic carbocycles. The number of amides is 2. The molecule has 1 N–H and O–H groups in total. The Bertz CT molecular complexity index is 825. The first-order chi connectivity index (χ1) is 13.0. The monoisotopic (exact) mass is 371 g/mol. The molecule has 27 heavy (non-hydrogen) atoms. The van der Waals surface area contributed by atoms with Crippen molar-refractivity contribution in [2.75, 3.05) is 26.7 Å². The Hall–Kier alpha value is -3.16. The van der Waals surface area contributed by atoms with E-state index < -0.39 is 17.8 Å². The molecular formula is C19H21N3O5. The molecule has 1 fully saturated rings. The predicted octanol–water partition coefficient (Wildman–Crippen LogP) is 1.74. The summed E-state index contributed by atoms with van der Waals surface area (Å²) in [5.74, 6) is -1.36. The van der Waals surface area contributed by atoms with Crippen LogP contribution >= 0.6 is 0 Å². The second kappa shape index (κ2) is 8.03. The Labute approximate surface area is 156 Å². The van der Waals surface area contributed by atoms with Crippen molar-refractivity contribution in [2.45, 2.75) is 12.8 Å². The summed E-state index contributed by atoms with van der Waals surface area (Å²) >= 11 is 0. The lowest BCUT2D eigenvalue weighted by molar-refractivity contribution is -0.145. The minimum Gasteiger partial charge on any atom is -0.481 e. The predicted molar refractivity (Wildman–Crippen MR) is 95.8 cm³/mol. The molecule has 0 spiro atoms. The number of carbonyl (C=O) groups excluding carboxylic acids is 2. The third-order valence-corrected chi connectivity index (χ3v) is 4.70. The van der Waals surface area contributed by atoms with E-state index in [0.29, 0.717) is 31.7 Å². The van der Waals surface area contributed by atoms with E-state index in [2.05, 4.69) is 5.16 Å². The van der Waals surface area contributed by atoms with Gasteiger partial charge in [-0.05, 0) is 12.8 Å². The van der Waals surface area contributed by atoms with Gasteiger partial charge in [0.1, 0.15) is 0 Å². The quantitative estimate of drug-likeness (QED) is 0.858. The van der Waals surface area contributed by atoms with Gasteiger partial charge in [0.05, 0.1) is 12.5 Å². The van der Waals surface area contributed by atoms with E-state index in [4.69, 9.17) is 9.63 Å². The largest absolute Gasteiger partial charge is 0.481 e. The summed E-state index contributed by atoms with van der Waals surface area (Å²) in [7, 11) is 1.53. The fourth-order valence-corrected chi connectivity index (χ4v) is 3.06. The van der Waals surface area contributed by atoms with Gasteiger partial charge in [0.25, 0.3) is 5.91 Å². The van der Waals surface area contributed by atoms with Gasteiger partial charge in [-0.25, -0.2) is 0 Å². The SMILES string of the molecule is CN(CC(=O)N1CCC(C(=O)O)CC1)C(=O)c1cc(-c2ccccc2)on1. The van der Waals surface area contributed by atoms with E-state index in [9.17, 15) is 14.4 Å². The van der Waals surface area contributed by atoms with Gasteiger partial charge >= 0.3 is 5.97 Å². The fourth-order valence-electron chi connectivity index (χ4n) is 3.06. The zero-order chi connectivity index (χ0) is 19.4. The van der Waals surface area contributed by atoms with Gasteiger partial charge < -0.3 is 19.4 Å². The summed E-state index contributed by atoms with van der Waals surface area (Å²) in [5.41, 5.74) is 0.942. The molecule has 0 aliphatic carbocycles. The molecule has 0 radical (unpaired) electrons. The summed E-state index contributed by atoms with van der Waals surface area (Å²) < 4.78 is 5.23. The number of aliphatic carboxylic acids is 1. The molecule has 142 valence electrons. The van der Waals surface area contributed by atoms with Crippen molar-refractivity contribution < 1.29 is 24.0 Å². The Morgan fingerprint density at radius 1 is 1.22 bits per heavy atom. The smallest absolute Gasteiger partial charge is 0.306 e. The highest BCUT2D eigenvalue weighted by molar-refractivity contribution is 5.95. The second-order valence-corrected chi connectivity index (χ2v) is 6.60. The summed E-state index contributed by atoms with van der Waals surface area (Å²) in [6.07, 6.45) is 0.866. The summed E-state index contributed by atoms with van der Waals surface area (Å²) in [4.78, 5) is 38.8. The number of piperidine rings is 1. The van der Waals surface area contributed by atoms with Crippen LogP contribution in [0.15, 0.2) is 40.9 Å². The minimum absolute atomic E-state index is 0.0932. The first kappa shape index (κ1) is 18.6. The van der Waals surface area contributed by atoms with Crippen molar-refractivity contribution in [3.05, 3.63) is 42.1 Å². The normalized spacial score (nSPS) is 14.8. The Balaban J connectivity index is 1.57. The van der Waals surface area contributed by atoms with E-state index in [-0.39, 0.29) is 18.1 Å². The number of carbonyl (C=O) groups is 3. The number of rotatable bonds is 5. The first-order valence-corrected chi connectivity index (χ1v) is 8.74. The maximum atomic E-state index is 12.5. The van der Waals surface area contributed by atoms with Crippen molar-refractivity contribution >= 4 is 17.8 Å². The minimum atomic E-state index is -0.824. The molecule has 1 saturated heterocycles. The van der Waals surface area contributed by atoms with Crippen molar-refractivity contribution in [1.82, 2.24) is 15.0 Å². The van der Waals surface area contributed by atoms with Crippen LogP contribution in [0.4, 0.5) is 0 Å². The molecular weight excluding hydrogens is 350 g/mol. The summed E-state index contributed by atoms with van der Waals surface area (Å²) in [6.45, 7) is 0.685. The summed E-state index contributed by atoms with van der Waals surface area (Å²) in [5, 5.41) is 12.8. The van der Waals surface area contributed by atoms with E-state index in [0.717, 1.165) is 5.56 Å². The van der Waals surface area contributed by atoms with Gasteiger partial charge in [-0.1, -0.05) is 35.5 Å². The highest BCUT2D eigenvalue weighted by Gasteiger charge is 2.28. The van der Waals surface area contributed by atoms with Crippen LogP contribution in [0.2, 0.25) is 0 Å². The van der Waals surface area contributed by atoms with E-state index in [1.807, 2.05) is 30.3 Å². The maximum absolute atomic E-state index is 12.5. The zero-order valence-electron chi connectivity index (χ0n) is 15.0. The number of hydrogen-bond acceptors (Lipinski definition) is 5. The number of hydrogen-bond donors (Lipinski definition) is 1. The number of nitrogens with zero attached hydrogens (tertiary/aromatic N) is 3. The maximum Gasteiger partial charge on any atom is 0.306 e. The molecule has 3 rings (SSSR count). The van der Waals surface area contributed by atoms with Crippen LogP contribution in [0.5, 0.6) is 0 Å². The van der Waals surface area contributed by atoms with Gasteiger partial charge in [-0.3, -0.25) is 14.4 Å². The molecule has 0 bridgehead atoms. The average molecular weight is 371 g/mol. The third-order valence-electron chi connectivity index (χ3n) is 4.70. The highest BCUT2D eigenvalue weighted by Crippen LogP contribution is 2.21. The lowest BCUT2D eigenvalue weighted by Gasteiger charge is -2.31. The number of carboxylic acids is 1. The molecule has 0 saturated carbocycles. The number of carboxylic acid groups (broad SMARTS) is 1. The standard InChI is InChI=1S/C19H21N3O5/c1-21(12-17(23)22-9-7-14(8-10-22)19(25)26)18(24)15-11-16(27-20-15)13-5-3-2-4-6-13/h2-6,11,14H,7-10,12H2,1H3,(H,25,26). The van der Waals surface area contributed by atoms with E-state index >= 15 is 0 Å². The number of likely N-dealkylation sites (N-methyl/N-ethyl adjacent to an activating group) is 1. The molecule has 8 heteroatoms. The van der Waals surface area contributed by atoms with E-state index in [1.165, 1.54) is 11.9 Å². The van der Waals surface area contributed by atoms with Crippen molar-refractivity contribution in [2.24, 2.45) is 5.92 Å². The molecule has 1 aliphatic rings. The first-order valence-electron chi connectivity index (χ1n) is 8.74. The zero-order valence-corrected chi connectivity index (χ0v) is 15.0. The van der Waals surface area contributed by atoms with Crippen molar-refractivity contribution in [3.63, 3.8) is 0 Å². The van der Waals surface area contributed by atoms with Crippen LogP contribution < -0.4 is 0 Å². The van der Waals surface area contributed by atoms with Crippen LogP contribution in [0.3, 0.4) is 0 Å². The fraction of sp³-hybridized carbons (Fsp3) is 0.368. The van der Waals surface area contributed by atoms with Crippen LogP contribution in [0.1, 0.15) is 23.3 Å². The summed E-state index contributed by atoms with van der Waals surface area (Å²) in [6, 6.07) is 10.8. The molecule has 2 amide bonds. The molecule has 1 aromatic heterocycles. The molecule has 2 heterocycles. The van der Waals surface area contributed by atoms with Gasteiger partial charge in [-0.2, -0.15) is 0 Å². The molecule has 8 nitrogen and oxygen atoms in total. The Kier molecular flexibility index (Phi) is 5.54. The van der Waals surface area contributed by atoms with Gasteiger partial charge in [0, 0.05) is 31.8 Å². The van der Waals surface area contributed by atoms with Crippen LogP contribution in [0.25, 0.3) is 11.3 Å². The van der Waals surface area contributed by atoms with Crippen molar-refractivity contribution in [3.8, 4) is 11.3 Å². The van der Waals surface area contributed by atoms with Crippen LogP contribution in [-0.4, -0.2) is 64.5 Å². The number of likely N-dealkylation sites (tertiary alicyclic amines) is 1. The average Bonchev–Trinajstić information content (AvgIpc) is 3.18. The van der Waals surface area contributed by atoms with Gasteiger partial charge in [0.15, 0.2) is 11.5 Å². The molecule has 1 aliphatic heterocycles. The number of aromatic nitrogens is 1. The van der Waals surface area contributed by atoms with Gasteiger partial charge in [0.2, 0.25) is 5.91 Å². The van der Waals surface area contributed by atoms with Crippen LogP contribution in [0, 0.1) is 5.92 Å². The number of benzene rings is 1. The molecule has 0 unspecified atom stereocenters. The Morgan fingerprint density at radius 3 is 2.52 bits per heavy atom. The Morgan fingerprint density at radius 2 is 1.89 bits per heavy atom. The second-order valence-electron chi connectivity index (χ2n) is 6.60.